The molecule has 2 aromatic rings. The first-order valence-corrected chi connectivity index (χ1v) is 11.5. The van der Waals surface area contributed by atoms with Gasteiger partial charge in [0.1, 0.15) is 0 Å². The number of amides is 3. The van der Waals surface area contributed by atoms with E-state index in [0.717, 1.165) is 34.9 Å². The maximum atomic E-state index is 11.9. The summed E-state index contributed by atoms with van der Waals surface area (Å²) in [6.45, 7) is 0.144. The highest BCUT2D eigenvalue weighted by atomic mass is 32.2. The Balaban J connectivity index is 1.53. The molecule has 0 aliphatic carbocycles. The number of hydroxylamine groups is 2. The van der Waals surface area contributed by atoms with Gasteiger partial charge >= 0.3 is 6.09 Å². The highest BCUT2D eigenvalue weighted by Gasteiger charge is 2.32. The van der Waals surface area contributed by atoms with E-state index in [-0.39, 0.29) is 25.1 Å². The number of rotatable bonds is 9. The van der Waals surface area contributed by atoms with Crippen LogP contribution in [0.2, 0.25) is 0 Å². The number of aromatic nitrogens is 1. The van der Waals surface area contributed by atoms with E-state index in [1.165, 1.54) is 0 Å². The van der Waals surface area contributed by atoms with Crippen molar-refractivity contribution in [3.63, 3.8) is 0 Å². The fraction of sp³-hybridized carbons (Fsp3) is 0.400. The largest absolute Gasteiger partial charge is 0.432 e. The normalized spacial score (nSPS) is 14.3. The molecule has 11 heteroatoms. The summed E-state index contributed by atoms with van der Waals surface area (Å²) >= 11 is 0. The van der Waals surface area contributed by atoms with Crippen molar-refractivity contribution >= 4 is 38.9 Å². The molecule has 0 spiro atoms. The van der Waals surface area contributed by atoms with Crippen LogP contribution in [0.1, 0.15) is 43.2 Å². The molecule has 0 radical (unpaired) electrons. The highest BCUT2D eigenvalue weighted by Crippen LogP contribution is 2.18. The molecule has 31 heavy (non-hydrogen) atoms. The van der Waals surface area contributed by atoms with E-state index in [0.29, 0.717) is 17.9 Å². The molecule has 1 aliphatic heterocycles. The first-order chi connectivity index (χ1) is 14.7. The zero-order valence-electron chi connectivity index (χ0n) is 16.7. The van der Waals surface area contributed by atoms with Gasteiger partial charge in [-0.15, -0.1) is 5.06 Å². The second-order valence-electron chi connectivity index (χ2n) is 7.28. The fourth-order valence-corrected chi connectivity index (χ4v) is 3.78. The number of hydrogen-bond donors (Lipinski definition) is 2. The van der Waals surface area contributed by atoms with Crippen LogP contribution >= 0.6 is 0 Å². The van der Waals surface area contributed by atoms with Crippen molar-refractivity contribution in [1.82, 2.24) is 15.4 Å². The Morgan fingerprint density at radius 3 is 2.52 bits per heavy atom. The van der Waals surface area contributed by atoms with E-state index in [1.54, 1.807) is 12.3 Å². The van der Waals surface area contributed by atoms with E-state index >= 15 is 0 Å². The maximum absolute atomic E-state index is 11.9. The van der Waals surface area contributed by atoms with Crippen LogP contribution in [0.3, 0.4) is 0 Å². The molecule has 2 N–H and O–H groups in total. The number of imide groups is 1. The number of nitrogens with one attached hydrogen (secondary N) is 1. The first-order valence-electron chi connectivity index (χ1n) is 9.85. The standard InChI is InChI=1S/C20H23N3O7S/c24-18-7-8-19(25)23(18)30-20(26)22-13-15-5-6-17-16(11-15)10-14(12-21-17)4-2-1-3-9-31(27,28)29/h5-6,10-12H,1-4,7-9,13H2,(H,22,26)(H,27,28,29). The van der Waals surface area contributed by atoms with Gasteiger partial charge in [0.05, 0.1) is 11.3 Å². The van der Waals surface area contributed by atoms with Crippen LogP contribution in [0.4, 0.5) is 4.79 Å². The molecule has 166 valence electrons. The Bertz CT molecular complexity index is 1090. The SMILES string of the molecule is O=C(NCc1ccc2ncc(CCCCCS(=O)(=O)O)cc2c1)ON1C(=O)CCC1=O. The number of fused-ring (bicyclic) bond motifs is 1. The number of aryl methyl sites for hydroxylation is 1. The van der Waals surface area contributed by atoms with Crippen molar-refractivity contribution in [2.24, 2.45) is 0 Å². The maximum Gasteiger partial charge on any atom is 0.432 e. The number of benzene rings is 1. The fourth-order valence-electron chi connectivity index (χ4n) is 3.21. The zero-order valence-corrected chi connectivity index (χ0v) is 17.6. The van der Waals surface area contributed by atoms with Gasteiger partial charge < -0.3 is 10.2 Å². The molecule has 0 saturated carbocycles. The second kappa shape index (κ2) is 9.84. The molecule has 3 amide bonds. The van der Waals surface area contributed by atoms with Crippen molar-refractivity contribution in [1.29, 1.82) is 0 Å². The van der Waals surface area contributed by atoms with E-state index in [2.05, 4.69) is 10.3 Å². The van der Waals surface area contributed by atoms with Gasteiger partial charge in [-0.25, -0.2) is 4.79 Å². The summed E-state index contributed by atoms with van der Waals surface area (Å²) in [5, 5.41) is 3.88. The summed E-state index contributed by atoms with van der Waals surface area (Å²) in [4.78, 5) is 44.0. The monoisotopic (exact) mass is 449 g/mol. The molecule has 2 heterocycles. The molecule has 0 atom stereocenters. The lowest BCUT2D eigenvalue weighted by Crippen LogP contribution is -2.36. The third-order valence-corrected chi connectivity index (χ3v) is 5.59. The zero-order chi connectivity index (χ0) is 22.4. The number of unbranched alkanes of at least 4 members (excludes halogenated alkanes) is 2. The number of pyridine rings is 1. The third-order valence-electron chi connectivity index (χ3n) is 4.79. The first kappa shape index (κ1) is 22.6. The Morgan fingerprint density at radius 1 is 1.10 bits per heavy atom. The number of hydrogen-bond acceptors (Lipinski definition) is 7. The average Bonchev–Trinajstić information content (AvgIpc) is 3.03. The molecular weight excluding hydrogens is 426 g/mol. The molecule has 0 unspecified atom stereocenters. The van der Waals surface area contributed by atoms with Crippen LogP contribution < -0.4 is 5.32 Å². The summed E-state index contributed by atoms with van der Waals surface area (Å²) in [7, 11) is -3.91. The van der Waals surface area contributed by atoms with Crippen LogP contribution in [0.5, 0.6) is 0 Å². The van der Waals surface area contributed by atoms with Crippen LogP contribution in [-0.2, 0) is 37.5 Å². The van der Waals surface area contributed by atoms with Crippen molar-refractivity contribution in [2.45, 2.75) is 45.1 Å². The number of carbonyl (C=O) groups excluding carboxylic acids is 3. The van der Waals surface area contributed by atoms with Crippen LogP contribution in [0, 0.1) is 0 Å². The van der Waals surface area contributed by atoms with E-state index < -0.39 is 28.0 Å². The van der Waals surface area contributed by atoms with Gasteiger partial charge in [0.2, 0.25) is 0 Å². The van der Waals surface area contributed by atoms with Gasteiger partial charge in [0, 0.05) is 31.0 Å². The molecular formula is C20H23N3O7S. The number of carbonyl (C=O) groups is 3. The molecule has 0 bridgehead atoms. The predicted molar refractivity (Wildman–Crippen MR) is 110 cm³/mol. The van der Waals surface area contributed by atoms with Crippen molar-refractivity contribution < 1.29 is 32.2 Å². The van der Waals surface area contributed by atoms with Crippen molar-refractivity contribution in [3.05, 3.63) is 41.6 Å². The molecule has 3 rings (SSSR count). The van der Waals surface area contributed by atoms with Gasteiger partial charge in [-0.3, -0.25) is 19.1 Å². The minimum atomic E-state index is -3.91. The topological polar surface area (TPSA) is 143 Å². The minimum Gasteiger partial charge on any atom is -0.316 e. The predicted octanol–water partition coefficient (Wildman–Crippen LogP) is 2.13. The average molecular weight is 449 g/mol. The molecule has 1 saturated heterocycles. The molecule has 1 aliphatic rings. The third kappa shape index (κ3) is 6.72. The summed E-state index contributed by atoms with van der Waals surface area (Å²) in [6, 6.07) is 7.48. The van der Waals surface area contributed by atoms with Gasteiger partial charge in [0.15, 0.2) is 0 Å². The minimum absolute atomic E-state index is 0.0344. The molecule has 1 aromatic heterocycles. The van der Waals surface area contributed by atoms with Gasteiger partial charge in [-0.05, 0) is 48.6 Å². The quantitative estimate of drug-likeness (QED) is 0.337. The van der Waals surface area contributed by atoms with Gasteiger partial charge in [0.25, 0.3) is 21.9 Å². The lowest BCUT2D eigenvalue weighted by molar-refractivity contribution is -0.171. The second-order valence-corrected chi connectivity index (χ2v) is 8.85. The van der Waals surface area contributed by atoms with E-state index in [1.807, 2.05) is 18.2 Å². The highest BCUT2D eigenvalue weighted by molar-refractivity contribution is 7.85. The molecule has 1 aromatic carbocycles. The van der Waals surface area contributed by atoms with Crippen LogP contribution in [0.25, 0.3) is 10.9 Å². The van der Waals surface area contributed by atoms with Crippen LogP contribution in [0.15, 0.2) is 30.5 Å². The summed E-state index contributed by atoms with van der Waals surface area (Å²) in [6.07, 6.45) is 3.52. The van der Waals surface area contributed by atoms with Crippen LogP contribution in [-0.4, -0.2) is 46.7 Å². The van der Waals surface area contributed by atoms with Gasteiger partial charge in [-0.1, -0.05) is 12.5 Å². The Hall–Kier alpha value is -3.05. The van der Waals surface area contributed by atoms with Crippen molar-refractivity contribution in [2.75, 3.05) is 5.75 Å². The Kier molecular flexibility index (Phi) is 7.18. The van der Waals surface area contributed by atoms with Crippen molar-refractivity contribution in [3.8, 4) is 0 Å². The lowest BCUT2D eigenvalue weighted by Gasteiger charge is -2.13. The lowest BCUT2D eigenvalue weighted by atomic mass is 10.1. The number of nitrogens with zero attached hydrogens (tertiary/aromatic N) is 2. The van der Waals surface area contributed by atoms with Gasteiger partial charge in [-0.2, -0.15) is 8.42 Å². The summed E-state index contributed by atoms with van der Waals surface area (Å²) < 4.78 is 30.2. The molecule has 1 fully saturated rings. The summed E-state index contributed by atoms with van der Waals surface area (Å²) in [5.74, 6) is -1.31. The van der Waals surface area contributed by atoms with E-state index in [9.17, 15) is 22.8 Å². The Morgan fingerprint density at radius 2 is 1.81 bits per heavy atom. The Labute approximate surface area is 179 Å². The summed E-state index contributed by atoms with van der Waals surface area (Å²) in [5.41, 5.74) is 2.57. The van der Waals surface area contributed by atoms with E-state index in [4.69, 9.17) is 9.39 Å². The molecule has 10 nitrogen and oxygen atoms in total. The smallest absolute Gasteiger partial charge is 0.316 e.